The molecule has 3 N–H and O–H groups in total. The van der Waals surface area contributed by atoms with Crippen LogP contribution in [-0.4, -0.2) is 30.1 Å². The summed E-state index contributed by atoms with van der Waals surface area (Å²) in [6.07, 6.45) is 5.31. The molecule has 1 heterocycles. The molecule has 1 aromatic heterocycles. The fourth-order valence-electron chi connectivity index (χ4n) is 3.25. The number of hydrogen-bond acceptors (Lipinski definition) is 4. The molecule has 2 atom stereocenters. The Morgan fingerprint density at radius 1 is 1.57 bits per heavy atom. The van der Waals surface area contributed by atoms with E-state index in [1.165, 1.54) is 0 Å². The molecule has 6 nitrogen and oxygen atoms in total. The molecule has 120 valence electrons. The van der Waals surface area contributed by atoms with Gasteiger partial charge >= 0.3 is 0 Å². The molecular formula is C14H26N4O2S. The number of nitrogens with one attached hydrogen (secondary N) is 1. The summed E-state index contributed by atoms with van der Waals surface area (Å²) in [7, 11) is -3.63. The van der Waals surface area contributed by atoms with E-state index in [-0.39, 0.29) is 5.03 Å². The van der Waals surface area contributed by atoms with Crippen molar-refractivity contribution in [1.82, 2.24) is 14.3 Å². The summed E-state index contributed by atoms with van der Waals surface area (Å²) in [6.45, 7) is 6.94. The summed E-state index contributed by atoms with van der Waals surface area (Å²) in [6, 6.07) is 0. The number of imidazole rings is 1. The van der Waals surface area contributed by atoms with Crippen LogP contribution in [0.1, 0.15) is 45.4 Å². The molecule has 0 aliphatic heterocycles. The highest BCUT2D eigenvalue weighted by Crippen LogP contribution is 2.32. The third-order valence-corrected chi connectivity index (χ3v) is 5.85. The third-order valence-electron chi connectivity index (χ3n) is 4.40. The molecule has 1 aliphatic rings. The van der Waals surface area contributed by atoms with Crippen molar-refractivity contribution in [2.75, 3.05) is 6.54 Å². The topological polar surface area (TPSA) is 90.0 Å². The molecular weight excluding hydrogens is 288 g/mol. The van der Waals surface area contributed by atoms with Gasteiger partial charge in [0.05, 0.1) is 0 Å². The van der Waals surface area contributed by atoms with Crippen molar-refractivity contribution >= 4 is 10.0 Å². The van der Waals surface area contributed by atoms with E-state index in [1.807, 2.05) is 18.4 Å². The van der Waals surface area contributed by atoms with Crippen LogP contribution >= 0.6 is 0 Å². The second-order valence-corrected chi connectivity index (χ2v) is 7.83. The number of aryl methyl sites for hydroxylation is 2. The lowest BCUT2D eigenvalue weighted by Crippen LogP contribution is -2.55. The monoisotopic (exact) mass is 314 g/mol. The van der Waals surface area contributed by atoms with Crippen LogP contribution in [-0.2, 0) is 16.6 Å². The molecule has 0 aromatic carbocycles. The minimum atomic E-state index is -3.63. The zero-order valence-corrected chi connectivity index (χ0v) is 13.9. The largest absolute Gasteiger partial charge is 0.334 e. The molecule has 21 heavy (non-hydrogen) atoms. The SMILES string of the molecule is CCn1cc(S(=O)(=O)NC2(CN)CCCC(C)C2)nc1C. The molecule has 0 spiro atoms. The van der Waals surface area contributed by atoms with Gasteiger partial charge in [0.2, 0.25) is 0 Å². The third kappa shape index (κ3) is 3.46. The van der Waals surface area contributed by atoms with Gasteiger partial charge in [-0.15, -0.1) is 0 Å². The Labute approximate surface area is 127 Å². The molecule has 2 rings (SSSR count). The van der Waals surface area contributed by atoms with Gasteiger partial charge in [0.15, 0.2) is 5.03 Å². The van der Waals surface area contributed by atoms with Crippen molar-refractivity contribution < 1.29 is 8.42 Å². The van der Waals surface area contributed by atoms with Gasteiger partial charge in [-0.25, -0.2) is 18.1 Å². The van der Waals surface area contributed by atoms with E-state index in [9.17, 15) is 8.42 Å². The van der Waals surface area contributed by atoms with Gasteiger partial charge in [0.25, 0.3) is 10.0 Å². The Kier molecular flexibility index (Phi) is 4.75. The molecule has 0 bridgehead atoms. The first-order valence-electron chi connectivity index (χ1n) is 7.60. The van der Waals surface area contributed by atoms with E-state index >= 15 is 0 Å². The summed E-state index contributed by atoms with van der Waals surface area (Å²) in [5.74, 6) is 1.19. The molecule has 1 aliphatic carbocycles. The minimum Gasteiger partial charge on any atom is -0.334 e. The molecule has 7 heteroatoms. The van der Waals surface area contributed by atoms with E-state index in [0.717, 1.165) is 25.7 Å². The Bertz CT molecular complexity index is 596. The Morgan fingerprint density at radius 2 is 2.29 bits per heavy atom. The van der Waals surface area contributed by atoms with E-state index in [1.54, 1.807) is 6.20 Å². The predicted octanol–water partition coefficient (Wildman–Crippen LogP) is 1.40. The number of rotatable bonds is 5. The molecule has 2 unspecified atom stereocenters. The quantitative estimate of drug-likeness (QED) is 0.859. The van der Waals surface area contributed by atoms with Gasteiger partial charge in [-0.3, -0.25) is 0 Å². The molecule has 1 fully saturated rings. The normalized spacial score (nSPS) is 27.0. The first-order valence-corrected chi connectivity index (χ1v) is 9.08. The Hall–Kier alpha value is -0.920. The zero-order chi connectivity index (χ0) is 15.7. The number of aromatic nitrogens is 2. The van der Waals surface area contributed by atoms with E-state index < -0.39 is 15.6 Å². The van der Waals surface area contributed by atoms with Crippen LogP contribution in [0.5, 0.6) is 0 Å². The fourth-order valence-corrected chi connectivity index (χ4v) is 4.71. The second kappa shape index (κ2) is 6.06. The number of nitrogens with zero attached hydrogens (tertiary/aromatic N) is 2. The number of nitrogens with two attached hydrogens (primary N) is 1. The van der Waals surface area contributed by atoms with Gasteiger partial charge < -0.3 is 10.3 Å². The lowest BCUT2D eigenvalue weighted by Gasteiger charge is -2.39. The summed E-state index contributed by atoms with van der Waals surface area (Å²) >= 11 is 0. The first-order chi connectivity index (χ1) is 9.82. The first kappa shape index (κ1) is 16.5. The van der Waals surface area contributed by atoms with E-state index in [2.05, 4.69) is 16.6 Å². The van der Waals surface area contributed by atoms with Crippen molar-refractivity contribution in [3.05, 3.63) is 12.0 Å². The molecule has 0 saturated heterocycles. The average molecular weight is 314 g/mol. The smallest absolute Gasteiger partial charge is 0.260 e. The zero-order valence-electron chi connectivity index (χ0n) is 13.1. The van der Waals surface area contributed by atoms with Gasteiger partial charge in [0, 0.05) is 24.8 Å². The molecule has 0 radical (unpaired) electrons. The van der Waals surface area contributed by atoms with Crippen LogP contribution < -0.4 is 10.5 Å². The Morgan fingerprint density at radius 3 is 2.81 bits per heavy atom. The number of sulfonamides is 1. The Balaban J connectivity index is 2.26. The highest BCUT2D eigenvalue weighted by molar-refractivity contribution is 7.89. The van der Waals surface area contributed by atoms with Crippen LogP contribution in [0.4, 0.5) is 0 Å². The van der Waals surface area contributed by atoms with Crippen LogP contribution in [0.2, 0.25) is 0 Å². The van der Waals surface area contributed by atoms with Crippen molar-refractivity contribution in [1.29, 1.82) is 0 Å². The molecule has 0 amide bonds. The highest BCUT2D eigenvalue weighted by atomic mass is 32.2. The summed E-state index contributed by atoms with van der Waals surface area (Å²) in [4.78, 5) is 4.17. The minimum absolute atomic E-state index is 0.0906. The van der Waals surface area contributed by atoms with E-state index in [4.69, 9.17) is 5.73 Å². The summed E-state index contributed by atoms with van der Waals surface area (Å²) in [5.41, 5.74) is 5.37. The average Bonchev–Trinajstić information content (AvgIpc) is 2.80. The van der Waals surface area contributed by atoms with Crippen LogP contribution in [0.25, 0.3) is 0 Å². The maximum absolute atomic E-state index is 12.6. The van der Waals surface area contributed by atoms with E-state index in [0.29, 0.717) is 24.8 Å². The maximum Gasteiger partial charge on any atom is 0.260 e. The molecule has 1 aromatic rings. The predicted molar refractivity (Wildman–Crippen MR) is 82.4 cm³/mol. The van der Waals surface area contributed by atoms with Crippen molar-refractivity contribution in [3.8, 4) is 0 Å². The van der Waals surface area contributed by atoms with Gasteiger partial charge in [-0.2, -0.15) is 0 Å². The van der Waals surface area contributed by atoms with Crippen molar-refractivity contribution in [2.45, 2.75) is 63.6 Å². The van der Waals surface area contributed by atoms with Crippen molar-refractivity contribution in [2.24, 2.45) is 11.7 Å². The summed E-state index contributed by atoms with van der Waals surface area (Å²) in [5, 5.41) is 0.0906. The lowest BCUT2D eigenvalue weighted by molar-refractivity contribution is 0.222. The van der Waals surface area contributed by atoms with Crippen LogP contribution in [0.15, 0.2) is 11.2 Å². The van der Waals surface area contributed by atoms with Crippen molar-refractivity contribution in [3.63, 3.8) is 0 Å². The van der Waals surface area contributed by atoms with Crippen LogP contribution in [0, 0.1) is 12.8 Å². The standard InChI is InChI=1S/C14H26N4O2S/c1-4-18-9-13(16-12(18)3)21(19,20)17-14(10-15)7-5-6-11(2)8-14/h9,11,17H,4-8,10,15H2,1-3H3. The number of hydrogen-bond donors (Lipinski definition) is 2. The fraction of sp³-hybridized carbons (Fsp3) is 0.786. The molecule has 1 saturated carbocycles. The van der Waals surface area contributed by atoms with Gasteiger partial charge in [-0.05, 0) is 32.6 Å². The lowest BCUT2D eigenvalue weighted by atomic mass is 9.77. The second-order valence-electron chi connectivity index (χ2n) is 6.20. The summed E-state index contributed by atoms with van der Waals surface area (Å²) < 4.78 is 29.9. The highest BCUT2D eigenvalue weighted by Gasteiger charge is 2.38. The van der Waals surface area contributed by atoms with Crippen LogP contribution in [0.3, 0.4) is 0 Å². The maximum atomic E-state index is 12.6. The van der Waals surface area contributed by atoms with Gasteiger partial charge in [0.1, 0.15) is 5.82 Å². The van der Waals surface area contributed by atoms with Gasteiger partial charge in [-0.1, -0.05) is 19.8 Å².